The van der Waals surface area contributed by atoms with Gasteiger partial charge in [0.1, 0.15) is 15.9 Å². The summed E-state index contributed by atoms with van der Waals surface area (Å²) in [5.41, 5.74) is 3.55. The van der Waals surface area contributed by atoms with E-state index in [-0.39, 0.29) is 0 Å². The fourth-order valence-corrected chi connectivity index (χ4v) is 3.11. The largest absolute Gasteiger partial charge is 0.264 e. The van der Waals surface area contributed by atoms with E-state index in [4.69, 9.17) is 0 Å². The second kappa shape index (κ2) is 4.28. The summed E-state index contributed by atoms with van der Waals surface area (Å²) in [5, 5.41) is 0. The molecule has 0 N–H and O–H groups in total. The van der Waals surface area contributed by atoms with Crippen molar-refractivity contribution in [1.29, 1.82) is 0 Å². The summed E-state index contributed by atoms with van der Waals surface area (Å²) in [5.74, 6) is 0.674. The maximum atomic E-state index is 4.65. The van der Waals surface area contributed by atoms with E-state index in [9.17, 15) is 0 Å². The van der Waals surface area contributed by atoms with Crippen LogP contribution < -0.4 is 0 Å². The molecule has 4 rings (SSSR count). The van der Waals surface area contributed by atoms with Crippen molar-refractivity contribution in [3.63, 3.8) is 0 Å². The molecule has 0 saturated carbocycles. The monoisotopic (exact) mass is 279 g/mol. The highest BCUT2D eigenvalue weighted by Crippen LogP contribution is 2.32. The Bertz CT molecular complexity index is 917. The molecule has 0 aliphatic heterocycles. The number of rotatable bonds is 1. The molecule has 4 aromatic heterocycles. The molecule has 4 heterocycles. The van der Waals surface area contributed by atoms with Crippen LogP contribution in [-0.4, -0.2) is 24.9 Å². The van der Waals surface area contributed by atoms with Crippen molar-refractivity contribution < 1.29 is 0 Å². The van der Waals surface area contributed by atoms with Crippen LogP contribution in [0.1, 0.15) is 5.69 Å². The minimum Gasteiger partial charge on any atom is -0.264 e. The molecule has 0 unspecified atom stereocenters. The lowest BCUT2D eigenvalue weighted by atomic mass is 10.2. The van der Waals surface area contributed by atoms with E-state index in [2.05, 4.69) is 24.9 Å². The summed E-state index contributed by atoms with van der Waals surface area (Å²) in [7, 11) is 0. The van der Waals surface area contributed by atoms with E-state index >= 15 is 0 Å². The summed E-state index contributed by atoms with van der Waals surface area (Å²) in [6, 6.07) is 3.83. The van der Waals surface area contributed by atoms with E-state index in [1.807, 2.05) is 19.1 Å². The molecule has 0 atom stereocenters. The third-order valence-corrected chi connectivity index (χ3v) is 4.23. The van der Waals surface area contributed by atoms with Crippen LogP contribution in [0.2, 0.25) is 0 Å². The molecule has 0 aliphatic carbocycles. The first-order valence-electron chi connectivity index (χ1n) is 6.11. The van der Waals surface area contributed by atoms with Crippen LogP contribution in [-0.2, 0) is 0 Å². The van der Waals surface area contributed by atoms with Gasteiger partial charge in [-0.2, -0.15) is 0 Å². The lowest BCUT2D eigenvalue weighted by Crippen LogP contribution is -1.93. The number of pyridine rings is 1. The minimum absolute atomic E-state index is 0.674. The van der Waals surface area contributed by atoms with Crippen LogP contribution in [0.25, 0.3) is 32.0 Å². The SMILES string of the molecule is Cc1nc(-c2cccnc2)nc2c1sc1nccnc12. The van der Waals surface area contributed by atoms with Crippen LogP contribution in [0.15, 0.2) is 36.9 Å². The molecule has 0 spiro atoms. The van der Waals surface area contributed by atoms with Gasteiger partial charge in [0.25, 0.3) is 0 Å². The van der Waals surface area contributed by atoms with Crippen molar-refractivity contribution in [3.05, 3.63) is 42.6 Å². The van der Waals surface area contributed by atoms with E-state index in [0.29, 0.717) is 5.82 Å². The van der Waals surface area contributed by atoms with Gasteiger partial charge >= 0.3 is 0 Å². The highest BCUT2D eigenvalue weighted by molar-refractivity contribution is 7.25. The Morgan fingerprint density at radius 1 is 1.00 bits per heavy atom. The van der Waals surface area contributed by atoms with E-state index < -0.39 is 0 Å². The van der Waals surface area contributed by atoms with Crippen LogP contribution in [0.5, 0.6) is 0 Å². The number of nitrogens with zero attached hydrogens (tertiary/aromatic N) is 5. The number of thiophene rings is 1. The number of hydrogen-bond acceptors (Lipinski definition) is 6. The molecular formula is C14H9N5S. The van der Waals surface area contributed by atoms with Crippen molar-refractivity contribution in [1.82, 2.24) is 24.9 Å². The third kappa shape index (κ3) is 1.65. The van der Waals surface area contributed by atoms with Crippen molar-refractivity contribution in [2.75, 3.05) is 0 Å². The average Bonchev–Trinajstić information content (AvgIpc) is 2.88. The Hall–Kier alpha value is -2.47. The maximum Gasteiger partial charge on any atom is 0.161 e. The highest BCUT2D eigenvalue weighted by Gasteiger charge is 2.13. The molecule has 0 amide bonds. The van der Waals surface area contributed by atoms with Gasteiger partial charge in [0.05, 0.1) is 10.4 Å². The molecule has 0 saturated heterocycles. The van der Waals surface area contributed by atoms with E-state index in [1.54, 1.807) is 36.1 Å². The van der Waals surface area contributed by atoms with Crippen molar-refractivity contribution in [2.45, 2.75) is 6.92 Å². The normalized spacial score (nSPS) is 11.2. The second-order valence-corrected chi connectivity index (χ2v) is 5.36. The molecule has 0 aliphatic rings. The topological polar surface area (TPSA) is 64.5 Å². The minimum atomic E-state index is 0.674. The first kappa shape index (κ1) is 11.4. The molecule has 0 fully saturated rings. The predicted molar refractivity (Wildman–Crippen MR) is 78.5 cm³/mol. The van der Waals surface area contributed by atoms with Crippen LogP contribution in [0.4, 0.5) is 0 Å². The third-order valence-electron chi connectivity index (χ3n) is 3.04. The molecule has 0 bridgehead atoms. The lowest BCUT2D eigenvalue weighted by molar-refractivity contribution is 1.16. The van der Waals surface area contributed by atoms with Gasteiger partial charge in [0.2, 0.25) is 0 Å². The number of fused-ring (bicyclic) bond motifs is 3. The summed E-state index contributed by atoms with van der Waals surface area (Å²) in [4.78, 5) is 23.0. The summed E-state index contributed by atoms with van der Waals surface area (Å²) in [6.07, 6.45) is 6.89. The molecule has 0 radical (unpaired) electrons. The molecular weight excluding hydrogens is 270 g/mol. The standard InChI is InChI=1S/C14H9N5S/c1-8-12-10(11-14(20-12)17-6-5-16-11)19-13(18-8)9-3-2-4-15-7-9/h2-7H,1H3. The quantitative estimate of drug-likeness (QED) is 0.536. The summed E-state index contributed by atoms with van der Waals surface area (Å²) < 4.78 is 1.04. The Morgan fingerprint density at radius 3 is 2.75 bits per heavy atom. The Labute approximate surface area is 118 Å². The molecule has 4 aromatic rings. The van der Waals surface area contributed by atoms with Crippen molar-refractivity contribution >= 4 is 31.9 Å². The summed E-state index contributed by atoms with van der Waals surface area (Å²) in [6.45, 7) is 1.99. The zero-order chi connectivity index (χ0) is 13.5. The molecule has 5 nitrogen and oxygen atoms in total. The van der Waals surface area contributed by atoms with Gasteiger partial charge in [-0.15, -0.1) is 11.3 Å². The predicted octanol–water partition coefficient (Wildman–Crippen LogP) is 3.00. The zero-order valence-electron chi connectivity index (χ0n) is 10.6. The Morgan fingerprint density at radius 2 is 1.90 bits per heavy atom. The van der Waals surface area contributed by atoms with Crippen LogP contribution in [0, 0.1) is 6.92 Å². The molecule has 96 valence electrons. The number of hydrogen-bond donors (Lipinski definition) is 0. The molecule has 0 aromatic carbocycles. The van der Waals surface area contributed by atoms with Gasteiger partial charge in [-0.05, 0) is 19.1 Å². The van der Waals surface area contributed by atoms with Crippen molar-refractivity contribution in [3.8, 4) is 11.4 Å². The summed E-state index contributed by atoms with van der Waals surface area (Å²) >= 11 is 1.58. The van der Waals surface area contributed by atoms with Gasteiger partial charge in [-0.25, -0.2) is 19.9 Å². The van der Waals surface area contributed by atoms with Gasteiger partial charge < -0.3 is 0 Å². The zero-order valence-corrected chi connectivity index (χ0v) is 11.4. The van der Waals surface area contributed by atoms with E-state index in [0.717, 1.165) is 31.8 Å². The number of aryl methyl sites for hydroxylation is 1. The van der Waals surface area contributed by atoms with Crippen LogP contribution >= 0.6 is 11.3 Å². The first-order chi connectivity index (χ1) is 9.83. The van der Waals surface area contributed by atoms with Gasteiger partial charge in [-0.1, -0.05) is 0 Å². The van der Waals surface area contributed by atoms with Crippen LogP contribution in [0.3, 0.4) is 0 Å². The molecule has 20 heavy (non-hydrogen) atoms. The van der Waals surface area contributed by atoms with Gasteiger partial charge in [0.15, 0.2) is 5.82 Å². The lowest BCUT2D eigenvalue weighted by Gasteiger charge is -2.01. The fourth-order valence-electron chi connectivity index (χ4n) is 2.13. The second-order valence-electron chi connectivity index (χ2n) is 4.36. The maximum absolute atomic E-state index is 4.65. The van der Waals surface area contributed by atoms with Crippen molar-refractivity contribution in [2.24, 2.45) is 0 Å². The molecule has 6 heteroatoms. The Balaban J connectivity index is 2.08. The van der Waals surface area contributed by atoms with Gasteiger partial charge in [-0.3, -0.25) is 4.98 Å². The highest BCUT2D eigenvalue weighted by atomic mass is 32.1. The fraction of sp³-hybridized carbons (Fsp3) is 0.0714. The van der Waals surface area contributed by atoms with Gasteiger partial charge in [0, 0.05) is 30.4 Å². The Kier molecular flexibility index (Phi) is 2.43. The average molecular weight is 279 g/mol. The smallest absolute Gasteiger partial charge is 0.161 e. The van der Waals surface area contributed by atoms with E-state index in [1.165, 1.54) is 0 Å². The first-order valence-corrected chi connectivity index (χ1v) is 6.93. The number of aromatic nitrogens is 5.